The van der Waals surface area contributed by atoms with Gasteiger partial charge < -0.3 is 19.2 Å². The molecule has 35 heavy (non-hydrogen) atoms. The van der Waals surface area contributed by atoms with E-state index in [4.69, 9.17) is 13.9 Å². The molecule has 0 aliphatic carbocycles. The minimum Gasteiger partial charge on any atom is -0.489 e. The van der Waals surface area contributed by atoms with E-state index < -0.39 is 5.97 Å². The summed E-state index contributed by atoms with van der Waals surface area (Å²) < 4.78 is 16.6. The highest BCUT2D eigenvalue weighted by Gasteiger charge is 2.13. The third-order valence-electron chi connectivity index (χ3n) is 5.04. The van der Waals surface area contributed by atoms with Crippen LogP contribution in [0.2, 0.25) is 0 Å². The van der Waals surface area contributed by atoms with Crippen molar-refractivity contribution in [3.63, 3.8) is 0 Å². The topological polar surface area (TPSA) is 77.8 Å². The molecular formula is C29H25NO5. The molecule has 0 fully saturated rings. The van der Waals surface area contributed by atoms with Crippen LogP contribution in [0.1, 0.15) is 28.6 Å². The molecule has 1 aromatic heterocycles. The number of nitrogens with one attached hydrogen (secondary N) is 1. The number of hydrogen-bond acceptors (Lipinski definition) is 5. The molecule has 0 aliphatic heterocycles. The summed E-state index contributed by atoms with van der Waals surface area (Å²) in [5.41, 5.74) is 3.22. The molecule has 6 nitrogen and oxygen atoms in total. The summed E-state index contributed by atoms with van der Waals surface area (Å²) in [5, 5.41) is 2.82. The molecule has 1 heterocycles. The van der Waals surface area contributed by atoms with Gasteiger partial charge in [-0.3, -0.25) is 4.79 Å². The van der Waals surface area contributed by atoms with E-state index in [0.717, 1.165) is 16.7 Å². The molecule has 0 atom stereocenters. The Hall–Kier alpha value is -4.58. The SMILES string of the molecule is CCOC(=O)C=Cc1cccc(NC(=O)c2ccc(-c3cccc(OCc4ccccc4)c3)o2)c1. The van der Waals surface area contributed by atoms with Crippen LogP contribution < -0.4 is 10.1 Å². The quantitative estimate of drug-likeness (QED) is 0.229. The van der Waals surface area contributed by atoms with Crippen LogP contribution in [-0.2, 0) is 16.1 Å². The van der Waals surface area contributed by atoms with Crippen LogP contribution in [0.5, 0.6) is 5.75 Å². The van der Waals surface area contributed by atoms with Gasteiger partial charge in [0.1, 0.15) is 18.1 Å². The Balaban J connectivity index is 1.40. The van der Waals surface area contributed by atoms with Crippen molar-refractivity contribution >= 4 is 23.6 Å². The molecule has 1 amide bonds. The minimum absolute atomic E-state index is 0.183. The minimum atomic E-state index is -0.417. The number of furan rings is 1. The summed E-state index contributed by atoms with van der Waals surface area (Å²) in [6.45, 7) is 2.53. The van der Waals surface area contributed by atoms with Crippen molar-refractivity contribution in [1.82, 2.24) is 0 Å². The standard InChI is InChI=1S/C29H25NO5/c1-2-33-28(31)17-14-21-10-6-12-24(18-21)30-29(32)27-16-15-26(35-27)23-11-7-13-25(19-23)34-20-22-8-4-3-5-9-22/h3-19H,2,20H2,1H3,(H,30,32). The van der Waals surface area contributed by atoms with Gasteiger partial charge in [0.05, 0.1) is 6.61 Å². The number of carbonyl (C=O) groups is 2. The van der Waals surface area contributed by atoms with Crippen LogP contribution in [0.4, 0.5) is 5.69 Å². The Labute approximate surface area is 203 Å². The molecule has 0 radical (unpaired) electrons. The first-order valence-corrected chi connectivity index (χ1v) is 11.2. The molecule has 176 valence electrons. The monoisotopic (exact) mass is 467 g/mol. The molecule has 4 rings (SSSR count). The number of esters is 1. The van der Waals surface area contributed by atoms with Crippen LogP contribution >= 0.6 is 0 Å². The van der Waals surface area contributed by atoms with Crippen molar-refractivity contribution in [3.8, 4) is 17.1 Å². The first-order chi connectivity index (χ1) is 17.1. The average Bonchev–Trinajstić information content (AvgIpc) is 3.38. The highest BCUT2D eigenvalue weighted by Crippen LogP contribution is 2.27. The van der Waals surface area contributed by atoms with Crippen LogP contribution in [0, 0.1) is 0 Å². The van der Waals surface area contributed by atoms with Gasteiger partial charge in [-0.1, -0.05) is 54.6 Å². The largest absolute Gasteiger partial charge is 0.489 e. The van der Waals surface area contributed by atoms with Crippen molar-refractivity contribution in [2.75, 3.05) is 11.9 Å². The van der Waals surface area contributed by atoms with E-state index in [1.54, 1.807) is 43.3 Å². The fourth-order valence-electron chi connectivity index (χ4n) is 3.36. The number of anilines is 1. The smallest absolute Gasteiger partial charge is 0.330 e. The first kappa shape index (κ1) is 23.6. The number of amides is 1. The van der Waals surface area contributed by atoms with Crippen LogP contribution in [0.25, 0.3) is 17.4 Å². The van der Waals surface area contributed by atoms with E-state index in [0.29, 0.717) is 30.4 Å². The number of hydrogen-bond donors (Lipinski definition) is 1. The lowest BCUT2D eigenvalue weighted by Crippen LogP contribution is -2.10. The molecule has 0 saturated carbocycles. The summed E-state index contributed by atoms with van der Waals surface area (Å²) in [6, 6.07) is 28.0. The van der Waals surface area contributed by atoms with E-state index in [-0.39, 0.29) is 11.7 Å². The van der Waals surface area contributed by atoms with Crippen LogP contribution in [0.15, 0.2) is 101 Å². The predicted molar refractivity (Wildman–Crippen MR) is 135 cm³/mol. The Bertz CT molecular complexity index is 1320. The first-order valence-electron chi connectivity index (χ1n) is 11.2. The highest BCUT2D eigenvalue weighted by molar-refractivity contribution is 6.02. The molecule has 0 saturated heterocycles. The fraction of sp³-hybridized carbons (Fsp3) is 0.103. The molecule has 3 aromatic carbocycles. The average molecular weight is 468 g/mol. The van der Waals surface area contributed by atoms with Gasteiger partial charge in [-0.25, -0.2) is 4.79 Å². The van der Waals surface area contributed by atoms with Crippen molar-refractivity contribution in [2.24, 2.45) is 0 Å². The van der Waals surface area contributed by atoms with Crippen LogP contribution in [-0.4, -0.2) is 18.5 Å². The molecular weight excluding hydrogens is 442 g/mol. The van der Waals surface area contributed by atoms with Gasteiger partial charge in [0.25, 0.3) is 5.91 Å². The van der Waals surface area contributed by atoms with Crippen molar-refractivity contribution in [3.05, 3.63) is 114 Å². The van der Waals surface area contributed by atoms with Gasteiger partial charge in [-0.2, -0.15) is 0 Å². The van der Waals surface area contributed by atoms with Gasteiger partial charge in [0.2, 0.25) is 0 Å². The van der Waals surface area contributed by atoms with E-state index >= 15 is 0 Å². The number of benzene rings is 3. The second kappa shape index (κ2) is 11.5. The van der Waals surface area contributed by atoms with Crippen molar-refractivity contribution < 1.29 is 23.5 Å². The predicted octanol–water partition coefficient (Wildman–Crippen LogP) is 6.35. The molecule has 0 spiro atoms. The molecule has 0 aliphatic rings. The number of rotatable bonds is 9. The molecule has 0 bridgehead atoms. The zero-order chi connectivity index (χ0) is 24.5. The zero-order valence-electron chi connectivity index (χ0n) is 19.3. The summed E-state index contributed by atoms with van der Waals surface area (Å²) >= 11 is 0. The second-order valence-corrected chi connectivity index (χ2v) is 7.63. The second-order valence-electron chi connectivity index (χ2n) is 7.63. The van der Waals surface area contributed by atoms with Gasteiger partial charge in [-0.05, 0) is 60.5 Å². The Kier molecular flexibility index (Phi) is 7.76. The maximum Gasteiger partial charge on any atom is 0.330 e. The maximum absolute atomic E-state index is 12.7. The summed E-state index contributed by atoms with van der Waals surface area (Å²) in [5.74, 6) is 0.662. The fourth-order valence-corrected chi connectivity index (χ4v) is 3.36. The molecule has 1 N–H and O–H groups in total. The van der Waals surface area contributed by atoms with E-state index in [1.807, 2.05) is 60.7 Å². The third kappa shape index (κ3) is 6.71. The summed E-state index contributed by atoms with van der Waals surface area (Å²) in [6.07, 6.45) is 2.98. The zero-order valence-corrected chi connectivity index (χ0v) is 19.3. The Morgan fingerprint density at radius 2 is 1.74 bits per heavy atom. The van der Waals surface area contributed by atoms with E-state index in [1.165, 1.54) is 6.08 Å². The third-order valence-corrected chi connectivity index (χ3v) is 5.04. The lowest BCUT2D eigenvalue weighted by atomic mass is 10.1. The van der Waals surface area contributed by atoms with Gasteiger partial charge in [0, 0.05) is 17.3 Å². The Morgan fingerprint density at radius 3 is 2.57 bits per heavy atom. The van der Waals surface area contributed by atoms with Gasteiger partial charge in [0.15, 0.2) is 5.76 Å². The van der Waals surface area contributed by atoms with Crippen molar-refractivity contribution in [2.45, 2.75) is 13.5 Å². The molecule has 4 aromatic rings. The van der Waals surface area contributed by atoms with Crippen molar-refractivity contribution in [1.29, 1.82) is 0 Å². The summed E-state index contributed by atoms with van der Waals surface area (Å²) in [4.78, 5) is 24.2. The normalized spacial score (nSPS) is 10.8. The van der Waals surface area contributed by atoms with E-state index in [9.17, 15) is 9.59 Å². The van der Waals surface area contributed by atoms with Gasteiger partial charge in [-0.15, -0.1) is 0 Å². The molecule has 0 unspecified atom stereocenters. The van der Waals surface area contributed by atoms with Gasteiger partial charge >= 0.3 is 5.97 Å². The lowest BCUT2D eigenvalue weighted by molar-refractivity contribution is -0.137. The summed E-state index contributed by atoms with van der Waals surface area (Å²) in [7, 11) is 0. The Morgan fingerprint density at radius 1 is 0.914 bits per heavy atom. The number of ether oxygens (including phenoxy) is 2. The lowest BCUT2D eigenvalue weighted by Gasteiger charge is -2.07. The highest BCUT2D eigenvalue weighted by atomic mass is 16.5. The maximum atomic E-state index is 12.7. The molecule has 6 heteroatoms. The number of carbonyl (C=O) groups excluding carboxylic acids is 2. The van der Waals surface area contributed by atoms with E-state index in [2.05, 4.69) is 5.32 Å². The van der Waals surface area contributed by atoms with Crippen LogP contribution in [0.3, 0.4) is 0 Å².